The van der Waals surface area contributed by atoms with Crippen molar-refractivity contribution >= 4 is 41.4 Å². The maximum atomic E-state index is 13.1. The molecule has 12 heteroatoms. The van der Waals surface area contributed by atoms with Gasteiger partial charge in [-0.05, 0) is 19.4 Å². The van der Waals surface area contributed by atoms with Crippen molar-refractivity contribution in [1.82, 2.24) is 26.2 Å². The molecule has 3 amide bonds. The number of carbonyl (C=O) groups excluding carboxylic acids is 3. The minimum Gasteiger partial charge on any atom is -0.480 e. The largest absolute Gasteiger partial charge is 0.480 e. The smallest absolute Gasteiger partial charge is 0.327 e. The summed E-state index contributed by atoms with van der Waals surface area (Å²) in [5.74, 6) is -2.69. The third kappa shape index (κ3) is 4.49. The summed E-state index contributed by atoms with van der Waals surface area (Å²) >= 11 is 1.32. The number of carbonyl (C=O) groups is 4. The molecule has 6 N–H and O–H groups in total. The molecule has 1 aromatic carbocycles. The van der Waals surface area contributed by atoms with Gasteiger partial charge < -0.3 is 31.3 Å². The van der Waals surface area contributed by atoms with Crippen LogP contribution < -0.4 is 21.3 Å². The summed E-state index contributed by atoms with van der Waals surface area (Å²) in [5, 5.41) is 26.9. The van der Waals surface area contributed by atoms with Gasteiger partial charge in [0.2, 0.25) is 17.7 Å². The van der Waals surface area contributed by atoms with Crippen molar-refractivity contribution < 1.29 is 24.3 Å². The number of rotatable bonds is 7. The van der Waals surface area contributed by atoms with E-state index in [4.69, 9.17) is 5.41 Å². The molecular formula is C20H26N6O5S. The van der Waals surface area contributed by atoms with Crippen LogP contribution in [-0.2, 0) is 19.2 Å². The molecule has 32 heavy (non-hydrogen) atoms. The Kier molecular flexibility index (Phi) is 6.63. The molecule has 1 aromatic rings. The minimum atomic E-state index is -1.09. The van der Waals surface area contributed by atoms with Crippen LogP contribution in [-0.4, -0.2) is 75.5 Å². The standard InChI is InChI=1S/C20H26N6O5S/c1-20(2)14(18(30)31)26-16(29)13(17(26)32-20)25-15(28)12(10-7-5-4-6-8-10)24-11(27)9-23-19(21)22-3/h4-8,12-14,17H,9H2,1-3H3,(H,24,27)(H,25,28)(H,30,31)(H3,21,22,23)/t12?,13?,14-,17+/m0/s1. The van der Waals surface area contributed by atoms with E-state index >= 15 is 0 Å². The third-order valence-electron chi connectivity index (χ3n) is 5.35. The molecule has 2 aliphatic heterocycles. The Morgan fingerprint density at radius 1 is 1.25 bits per heavy atom. The Morgan fingerprint density at radius 2 is 1.91 bits per heavy atom. The average molecular weight is 463 g/mol. The van der Waals surface area contributed by atoms with Crippen LogP contribution in [0.4, 0.5) is 0 Å². The number of nitrogens with zero attached hydrogens (tertiary/aromatic N) is 1. The summed E-state index contributed by atoms with van der Waals surface area (Å²) in [6.07, 6.45) is 0. The van der Waals surface area contributed by atoms with Gasteiger partial charge in [-0.1, -0.05) is 30.3 Å². The molecule has 2 unspecified atom stereocenters. The van der Waals surface area contributed by atoms with E-state index in [1.165, 1.54) is 23.7 Å². The highest BCUT2D eigenvalue weighted by Gasteiger charge is 2.64. The Morgan fingerprint density at radius 3 is 2.50 bits per heavy atom. The minimum absolute atomic E-state index is 0.0464. The normalized spacial score (nSPS) is 23.9. The number of carboxylic acids is 1. The van der Waals surface area contributed by atoms with E-state index in [-0.39, 0.29) is 12.5 Å². The molecule has 0 spiro atoms. The van der Waals surface area contributed by atoms with Crippen LogP contribution in [0.1, 0.15) is 25.5 Å². The van der Waals surface area contributed by atoms with Crippen LogP contribution in [0, 0.1) is 5.41 Å². The quantitative estimate of drug-likeness (QED) is 0.175. The second-order valence-corrected chi connectivity index (χ2v) is 9.75. The summed E-state index contributed by atoms with van der Waals surface area (Å²) in [6, 6.07) is 5.65. The van der Waals surface area contributed by atoms with Crippen molar-refractivity contribution in [3.63, 3.8) is 0 Å². The number of aliphatic carboxylic acids is 1. The van der Waals surface area contributed by atoms with E-state index in [1.807, 2.05) is 0 Å². The number of benzene rings is 1. The van der Waals surface area contributed by atoms with Crippen LogP contribution in [0.25, 0.3) is 0 Å². The van der Waals surface area contributed by atoms with Crippen LogP contribution in [0.2, 0.25) is 0 Å². The summed E-state index contributed by atoms with van der Waals surface area (Å²) in [6.45, 7) is 3.28. The van der Waals surface area contributed by atoms with E-state index in [0.29, 0.717) is 5.56 Å². The lowest BCUT2D eigenvalue weighted by atomic mass is 9.95. The third-order valence-corrected chi connectivity index (χ3v) is 6.92. The number of β-lactam (4-membered cyclic amide) rings is 1. The second-order valence-electron chi connectivity index (χ2n) is 7.97. The monoisotopic (exact) mass is 462 g/mol. The molecule has 0 radical (unpaired) electrons. The highest BCUT2D eigenvalue weighted by Crippen LogP contribution is 2.50. The van der Waals surface area contributed by atoms with Gasteiger partial charge in [0, 0.05) is 11.8 Å². The summed E-state index contributed by atoms with van der Waals surface area (Å²) in [7, 11) is 1.53. The number of hydrogen-bond acceptors (Lipinski definition) is 6. The van der Waals surface area contributed by atoms with Crippen molar-refractivity contribution in [2.75, 3.05) is 13.6 Å². The molecule has 0 bridgehead atoms. The van der Waals surface area contributed by atoms with Gasteiger partial charge in [0.1, 0.15) is 23.5 Å². The summed E-state index contributed by atoms with van der Waals surface area (Å²) in [5.41, 5.74) is 0.522. The zero-order chi connectivity index (χ0) is 23.6. The van der Waals surface area contributed by atoms with Crippen molar-refractivity contribution in [2.24, 2.45) is 0 Å². The summed E-state index contributed by atoms with van der Waals surface area (Å²) in [4.78, 5) is 51.1. The maximum absolute atomic E-state index is 13.1. The molecule has 0 aromatic heterocycles. The first-order valence-electron chi connectivity index (χ1n) is 9.94. The van der Waals surface area contributed by atoms with Gasteiger partial charge in [-0.3, -0.25) is 19.8 Å². The Bertz CT molecular complexity index is 940. The van der Waals surface area contributed by atoms with Crippen LogP contribution >= 0.6 is 11.8 Å². The van der Waals surface area contributed by atoms with Crippen LogP contribution in [0.3, 0.4) is 0 Å². The van der Waals surface area contributed by atoms with Crippen molar-refractivity contribution in [2.45, 2.75) is 42.1 Å². The molecule has 2 aliphatic rings. The van der Waals surface area contributed by atoms with Gasteiger partial charge in [-0.15, -0.1) is 11.8 Å². The average Bonchev–Trinajstić information content (AvgIpc) is 3.02. The lowest BCUT2D eigenvalue weighted by Gasteiger charge is -2.44. The van der Waals surface area contributed by atoms with E-state index in [2.05, 4.69) is 21.3 Å². The number of fused-ring (bicyclic) bond motifs is 1. The van der Waals surface area contributed by atoms with Crippen molar-refractivity contribution in [1.29, 1.82) is 5.41 Å². The number of guanidine groups is 1. The molecule has 0 aliphatic carbocycles. The van der Waals surface area contributed by atoms with Crippen molar-refractivity contribution in [3.8, 4) is 0 Å². The first kappa shape index (κ1) is 23.4. The van der Waals surface area contributed by atoms with E-state index in [1.54, 1.807) is 44.2 Å². The molecule has 172 valence electrons. The van der Waals surface area contributed by atoms with Gasteiger partial charge in [0.15, 0.2) is 5.96 Å². The Labute approximate surface area is 189 Å². The lowest BCUT2D eigenvalue weighted by Crippen LogP contribution is -2.71. The SMILES string of the molecule is CNC(=N)NCC(=O)NC(C(=O)NC1C(=O)N2[C@@H]1SC(C)(C)[C@@H]2C(=O)O)c1ccccc1. The topological polar surface area (TPSA) is 164 Å². The van der Waals surface area contributed by atoms with Gasteiger partial charge >= 0.3 is 5.97 Å². The fraction of sp³-hybridized carbons (Fsp3) is 0.450. The van der Waals surface area contributed by atoms with E-state index in [9.17, 15) is 24.3 Å². The molecular weight excluding hydrogens is 436 g/mol. The van der Waals surface area contributed by atoms with Crippen LogP contribution in [0.5, 0.6) is 0 Å². The number of amides is 3. The Balaban J connectivity index is 1.72. The maximum Gasteiger partial charge on any atom is 0.327 e. The lowest BCUT2D eigenvalue weighted by molar-refractivity contribution is -0.161. The van der Waals surface area contributed by atoms with Crippen LogP contribution in [0.15, 0.2) is 30.3 Å². The van der Waals surface area contributed by atoms with Gasteiger partial charge in [-0.25, -0.2) is 4.79 Å². The van der Waals surface area contributed by atoms with Gasteiger partial charge in [0.05, 0.1) is 6.54 Å². The molecule has 2 saturated heterocycles. The molecule has 0 saturated carbocycles. The highest BCUT2D eigenvalue weighted by atomic mass is 32.2. The van der Waals surface area contributed by atoms with Crippen molar-refractivity contribution in [3.05, 3.63) is 35.9 Å². The number of thioether (sulfide) groups is 1. The molecule has 2 fully saturated rings. The van der Waals surface area contributed by atoms with E-state index in [0.717, 1.165) is 0 Å². The predicted octanol–water partition coefficient (Wildman–Crippen LogP) is -0.781. The van der Waals surface area contributed by atoms with Gasteiger partial charge in [0.25, 0.3) is 0 Å². The zero-order valence-corrected chi connectivity index (χ0v) is 18.7. The highest BCUT2D eigenvalue weighted by molar-refractivity contribution is 8.01. The Hall–Kier alpha value is -3.28. The first-order valence-corrected chi connectivity index (χ1v) is 10.8. The second kappa shape index (κ2) is 9.07. The van der Waals surface area contributed by atoms with Gasteiger partial charge in [-0.2, -0.15) is 0 Å². The fourth-order valence-corrected chi connectivity index (χ4v) is 5.42. The molecule has 2 heterocycles. The molecule has 3 rings (SSSR count). The molecule has 11 nitrogen and oxygen atoms in total. The number of nitrogens with one attached hydrogen (secondary N) is 5. The first-order chi connectivity index (χ1) is 15.1. The fourth-order valence-electron chi connectivity index (χ4n) is 3.80. The van der Waals surface area contributed by atoms with E-state index < -0.39 is 51.9 Å². The summed E-state index contributed by atoms with van der Waals surface area (Å²) < 4.78 is -0.706. The zero-order valence-electron chi connectivity index (χ0n) is 17.8. The molecule has 4 atom stereocenters. The number of carboxylic acid groups (broad SMARTS) is 1. The predicted molar refractivity (Wildman–Crippen MR) is 118 cm³/mol. The number of hydrogen-bond donors (Lipinski definition) is 6.